The Hall–Kier alpha value is -4.37. The van der Waals surface area contributed by atoms with Crippen molar-refractivity contribution in [3.05, 3.63) is 54.0 Å². The topological polar surface area (TPSA) is 204 Å². The van der Waals surface area contributed by atoms with E-state index >= 15 is 0 Å². The van der Waals surface area contributed by atoms with Crippen molar-refractivity contribution < 1.29 is 46.9 Å². The lowest BCUT2D eigenvalue weighted by Crippen LogP contribution is -2.48. The smallest absolute Gasteiger partial charge is 0.459 e. The molecule has 4 rings (SSSR count). The Labute approximate surface area is 297 Å². The summed E-state index contributed by atoms with van der Waals surface area (Å²) in [7, 11) is -4.42. The Morgan fingerprint density at radius 3 is 2.37 bits per heavy atom. The molecule has 0 aliphatic carbocycles. The van der Waals surface area contributed by atoms with E-state index in [0.717, 1.165) is 5.56 Å². The molecular formula is C34H47N6O10P. The van der Waals surface area contributed by atoms with Gasteiger partial charge in [0.15, 0.2) is 23.6 Å². The third kappa shape index (κ3) is 8.93. The Kier molecular flexibility index (Phi) is 12.6. The largest absolute Gasteiger partial charge is 0.465 e. The van der Waals surface area contributed by atoms with Crippen molar-refractivity contribution >= 4 is 43.7 Å². The number of esters is 3. The van der Waals surface area contributed by atoms with Gasteiger partial charge in [-0.3, -0.25) is 23.9 Å². The summed E-state index contributed by atoms with van der Waals surface area (Å²) in [6.07, 6.45) is -2.64. The average Bonchev–Trinajstić information content (AvgIpc) is 3.64. The van der Waals surface area contributed by atoms with Crippen LogP contribution in [0.5, 0.6) is 5.75 Å². The van der Waals surface area contributed by atoms with E-state index in [4.69, 9.17) is 33.7 Å². The van der Waals surface area contributed by atoms with Gasteiger partial charge in [0, 0.05) is 12.8 Å². The molecule has 278 valence electrons. The summed E-state index contributed by atoms with van der Waals surface area (Å²) < 4.78 is 51.4. The Bertz CT molecular complexity index is 1760. The summed E-state index contributed by atoms with van der Waals surface area (Å²) >= 11 is 0. The van der Waals surface area contributed by atoms with Gasteiger partial charge in [0.2, 0.25) is 0 Å². The van der Waals surface area contributed by atoms with Gasteiger partial charge >= 0.3 is 25.7 Å². The molecule has 0 bridgehead atoms. The molecule has 3 N–H and O–H groups in total. The van der Waals surface area contributed by atoms with Gasteiger partial charge in [-0.25, -0.2) is 14.1 Å². The van der Waals surface area contributed by atoms with Crippen LogP contribution in [-0.2, 0) is 53.4 Å². The summed E-state index contributed by atoms with van der Waals surface area (Å²) in [5, 5.41) is 6.98. The Morgan fingerprint density at radius 1 is 1.10 bits per heavy atom. The number of carbonyl (C=O) groups is 3. The average molecular weight is 731 g/mol. The lowest BCUT2D eigenvalue weighted by Gasteiger charge is -2.33. The molecule has 1 aliphatic heterocycles. The summed E-state index contributed by atoms with van der Waals surface area (Å²) in [5.74, 6) is -1.59. The molecule has 0 spiro atoms. The number of fused-ring (bicyclic) bond motifs is 1. The van der Waals surface area contributed by atoms with Gasteiger partial charge in [-0.2, -0.15) is 10.2 Å². The van der Waals surface area contributed by atoms with Crippen LogP contribution in [0.25, 0.3) is 5.52 Å². The minimum absolute atomic E-state index is 0.0134. The zero-order valence-electron chi connectivity index (χ0n) is 30.0. The van der Waals surface area contributed by atoms with E-state index in [1.165, 1.54) is 17.8 Å². The highest BCUT2D eigenvalue weighted by molar-refractivity contribution is 7.52. The predicted octanol–water partition coefficient (Wildman–Crippen LogP) is 4.29. The summed E-state index contributed by atoms with van der Waals surface area (Å²) in [4.78, 5) is 46.6. The normalized spacial score (nSPS) is 22.1. The minimum atomic E-state index is -4.42. The van der Waals surface area contributed by atoms with Crippen LogP contribution in [0.3, 0.4) is 0 Å². The minimum Gasteiger partial charge on any atom is -0.465 e. The van der Waals surface area contributed by atoms with E-state index in [0.29, 0.717) is 11.2 Å². The van der Waals surface area contributed by atoms with Crippen LogP contribution >= 0.6 is 7.75 Å². The van der Waals surface area contributed by atoms with Gasteiger partial charge in [0.25, 0.3) is 0 Å². The maximum atomic E-state index is 14.5. The molecule has 1 aromatic carbocycles. The third-order valence-electron chi connectivity index (χ3n) is 8.20. The first-order chi connectivity index (χ1) is 24.1. The van der Waals surface area contributed by atoms with Crippen molar-refractivity contribution in [3.63, 3.8) is 0 Å². The number of rotatable bonds is 16. The van der Waals surface area contributed by atoms with Crippen molar-refractivity contribution in [1.29, 1.82) is 0 Å². The molecule has 51 heavy (non-hydrogen) atoms. The summed E-state index contributed by atoms with van der Waals surface area (Å²) in [6.45, 7) is 15.5. The van der Waals surface area contributed by atoms with Crippen LogP contribution < -0.4 is 15.3 Å². The van der Waals surface area contributed by atoms with Crippen molar-refractivity contribution in [2.45, 2.75) is 96.7 Å². The Balaban J connectivity index is 1.78. The first kappa shape index (κ1) is 39.4. The van der Waals surface area contributed by atoms with Gasteiger partial charge < -0.3 is 29.2 Å². The van der Waals surface area contributed by atoms with Crippen LogP contribution in [0.2, 0.25) is 0 Å². The molecule has 16 nitrogen and oxygen atoms in total. The molecular weight excluding hydrogens is 683 g/mol. The second-order valence-electron chi connectivity index (χ2n) is 12.9. The highest BCUT2D eigenvalue weighted by Crippen LogP contribution is 2.49. The van der Waals surface area contributed by atoms with E-state index in [2.05, 4.69) is 47.7 Å². The fraction of sp³-hybridized carbons (Fsp3) is 0.529. The van der Waals surface area contributed by atoms with Crippen LogP contribution in [0.1, 0.15) is 72.6 Å². The number of ether oxygens (including phenoxy) is 4. The molecule has 0 saturated carbocycles. The maximum Gasteiger partial charge on any atom is 0.459 e. The maximum absolute atomic E-state index is 14.5. The molecule has 17 heteroatoms. The molecule has 0 amide bonds. The first-order valence-corrected chi connectivity index (χ1v) is 18.2. The molecule has 1 fully saturated rings. The van der Waals surface area contributed by atoms with E-state index in [9.17, 15) is 18.9 Å². The number of aliphatic imine (C=N–C) groups is 1. The monoisotopic (exact) mass is 730 g/mol. The van der Waals surface area contributed by atoms with Crippen LogP contribution in [-0.4, -0.2) is 83.3 Å². The first-order valence-electron chi connectivity index (χ1n) is 16.7. The second kappa shape index (κ2) is 16.3. The number of anilines is 1. The lowest BCUT2D eigenvalue weighted by molar-refractivity contribution is -0.171. The van der Waals surface area contributed by atoms with Crippen molar-refractivity contribution in [2.75, 3.05) is 25.5 Å². The third-order valence-corrected chi connectivity index (χ3v) is 9.84. The number of aromatic nitrogens is 3. The number of nitrogens with zero attached hydrogens (tertiary/aromatic N) is 4. The number of nitrogens with one attached hydrogen (secondary N) is 1. The number of benzene rings is 1. The van der Waals surface area contributed by atoms with Crippen LogP contribution in [0.15, 0.2) is 47.7 Å². The zero-order chi connectivity index (χ0) is 37.6. The second-order valence-corrected chi connectivity index (χ2v) is 14.6. The van der Waals surface area contributed by atoms with Gasteiger partial charge in [0.05, 0.1) is 25.5 Å². The van der Waals surface area contributed by atoms with Gasteiger partial charge in [-0.1, -0.05) is 46.8 Å². The molecule has 3 aromatic rings. The van der Waals surface area contributed by atoms with Crippen molar-refractivity contribution in [1.82, 2.24) is 19.7 Å². The fourth-order valence-electron chi connectivity index (χ4n) is 5.58. The van der Waals surface area contributed by atoms with Crippen LogP contribution in [0.4, 0.5) is 5.82 Å². The molecule has 2 aromatic heterocycles. The van der Waals surface area contributed by atoms with Gasteiger partial charge in [0.1, 0.15) is 29.7 Å². The number of nitrogen functional groups attached to an aromatic ring is 1. The van der Waals surface area contributed by atoms with E-state index in [-0.39, 0.29) is 43.0 Å². The fourth-order valence-corrected chi connectivity index (χ4v) is 7.08. The predicted molar refractivity (Wildman–Crippen MR) is 187 cm³/mol. The van der Waals surface area contributed by atoms with Gasteiger partial charge in [-0.15, -0.1) is 0 Å². The number of hydrogen-bond donors (Lipinski definition) is 2. The van der Waals surface area contributed by atoms with E-state index < -0.39 is 62.2 Å². The molecule has 6 atom stereocenters. The zero-order valence-corrected chi connectivity index (χ0v) is 30.9. The standard InChI is InChI=1S/C34H47N6O10P/c1-9-27(41)47-29-25(18-46-51(44,39-21(4)32(43)45-11-3)50-23-14-12-22(13-15-23)33(5,6)7)49-34(19-36-8,30(29)48-28(42)10-2)26-17-16-24-31(35)37-20-38-40(24)26/h12-17,20-21,25,29-30H,8-11,18-19H2,1-7H3,(H,39,44)(H2,35,37,38)/t21-,25+,29+,30+,34-,51?/m0/s1. The molecule has 1 unspecified atom stereocenters. The highest BCUT2D eigenvalue weighted by Gasteiger charge is 2.62. The number of carbonyl (C=O) groups excluding carboxylic acids is 3. The van der Waals surface area contributed by atoms with Crippen LogP contribution in [0, 0.1) is 0 Å². The number of nitrogens with two attached hydrogens (primary N) is 1. The van der Waals surface area contributed by atoms with Crippen molar-refractivity contribution in [3.8, 4) is 5.75 Å². The lowest BCUT2D eigenvalue weighted by atomic mass is 9.87. The van der Waals surface area contributed by atoms with Crippen molar-refractivity contribution in [2.24, 2.45) is 4.99 Å². The Morgan fingerprint density at radius 2 is 1.76 bits per heavy atom. The number of hydrogen-bond acceptors (Lipinski definition) is 14. The van der Waals surface area contributed by atoms with E-state index in [1.807, 2.05) is 12.1 Å². The highest BCUT2D eigenvalue weighted by atomic mass is 31.2. The quantitative estimate of drug-likeness (QED) is 0.0914. The van der Waals surface area contributed by atoms with Gasteiger partial charge in [-0.05, 0) is 55.8 Å². The molecule has 1 aliphatic rings. The molecule has 0 radical (unpaired) electrons. The summed E-state index contributed by atoms with van der Waals surface area (Å²) in [6, 6.07) is 9.12. The molecule has 1 saturated heterocycles. The van der Waals surface area contributed by atoms with E-state index in [1.54, 1.807) is 45.0 Å². The SMILES string of the molecule is C=NC[C@@]1(c2ccc3c(N)ncnn23)O[C@H](COP(=O)(N[C@@H](C)C(=O)OCC)Oc2ccc(C(C)(C)C)cc2)[C@@H](OC(=O)CC)[C@H]1OC(=O)CC. The molecule has 3 heterocycles. The summed E-state index contributed by atoms with van der Waals surface area (Å²) in [5.41, 5.74) is 6.06.